The SMILES string of the molecule is CCCCCCCCCO[C@@]1(N(C)CCCCCC(=O)OCC)C[C@@H](OCc2ccccc2)C[C@H]1OCc1ccccc1. The highest BCUT2D eigenvalue weighted by atomic mass is 16.6. The Bertz CT molecular complexity index is 987. The summed E-state index contributed by atoms with van der Waals surface area (Å²) in [4.78, 5) is 14.2. The molecule has 6 heteroatoms. The minimum Gasteiger partial charge on any atom is -0.466 e. The number of carbonyl (C=O) groups is 1. The largest absolute Gasteiger partial charge is 0.466 e. The Hall–Kier alpha value is -2.25. The molecule has 0 aliphatic heterocycles. The number of benzene rings is 2. The summed E-state index contributed by atoms with van der Waals surface area (Å²) >= 11 is 0. The van der Waals surface area contributed by atoms with E-state index in [0.717, 1.165) is 51.7 Å². The van der Waals surface area contributed by atoms with Gasteiger partial charge in [0.1, 0.15) is 11.8 Å². The maximum absolute atomic E-state index is 11.8. The van der Waals surface area contributed by atoms with E-state index in [1.165, 1.54) is 49.7 Å². The Morgan fingerprint density at radius 1 is 0.791 bits per heavy atom. The van der Waals surface area contributed by atoms with Crippen molar-refractivity contribution in [1.29, 1.82) is 0 Å². The lowest BCUT2D eigenvalue weighted by Crippen LogP contribution is -2.55. The Kier molecular flexibility index (Phi) is 16.9. The summed E-state index contributed by atoms with van der Waals surface area (Å²) in [7, 11) is 2.18. The van der Waals surface area contributed by atoms with Crippen LogP contribution in [0.2, 0.25) is 0 Å². The van der Waals surface area contributed by atoms with Gasteiger partial charge in [0.2, 0.25) is 0 Å². The van der Waals surface area contributed by atoms with E-state index in [4.69, 9.17) is 18.9 Å². The molecule has 0 amide bonds. The lowest BCUT2D eigenvalue weighted by molar-refractivity contribution is -0.211. The first kappa shape index (κ1) is 35.2. The molecule has 1 aliphatic carbocycles. The molecule has 43 heavy (non-hydrogen) atoms. The molecule has 2 aromatic rings. The van der Waals surface area contributed by atoms with Gasteiger partial charge in [-0.05, 0) is 44.4 Å². The first-order valence-electron chi connectivity index (χ1n) is 16.9. The van der Waals surface area contributed by atoms with E-state index in [2.05, 4.69) is 67.4 Å². The van der Waals surface area contributed by atoms with Crippen molar-refractivity contribution >= 4 is 5.97 Å². The second kappa shape index (κ2) is 20.7. The van der Waals surface area contributed by atoms with Gasteiger partial charge in [-0.2, -0.15) is 0 Å². The monoisotopic (exact) mass is 595 g/mol. The summed E-state index contributed by atoms with van der Waals surface area (Å²) in [5.74, 6) is -0.103. The average Bonchev–Trinajstić information content (AvgIpc) is 3.39. The van der Waals surface area contributed by atoms with Gasteiger partial charge in [0.25, 0.3) is 0 Å². The number of nitrogens with zero attached hydrogens (tertiary/aromatic N) is 1. The van der Waals surface area contributed by atoms with Gasteiger partial charge < -0.3 is 18.9 Å². The van der Waals surface area contributed by atoms with Gasteiger partial charge in [0.15, 0.2) is 0 Å². The quantitative estimate of drug-likeness (QED) is 0.0730. The first-order chi connectivity index (χ1) is 21.1. The van der Waals surface area contributed by atoms with Gasteiger partial charge in [-0.1, -0.05) is 113 Å². The molecule has 240 valence electrons. The van der Waals surface area contributed by atoms with Gasteiger partial charge in [0.05, 0.1) is 25.9 Å². The van der Waals surface area contributed by atoms with Gasteiger partial charge in [0, 0.05) is 32.4 Å². The molecule has 1 fully saturated rings. The number of hydrogen-bond donors (Lipinski definition) is 0. The van der Waals surface area contributed by atoms with Crippen molar-refractivity contribution in [1.82, 2.24) is 4.90 Å². The molecular weight excluding hydrogens is 538 g/mol. The van der Waals surface area contributed by atoms with Crippen LogP contribution in [0.1, 0.15) is 108 Å². The van der Waals surface area contributed by atoms with Crippen LogP contribution < -0.4 is 0 Å². The van der Waals surface area contributed by atoms with Crippen LogP contribution in [0.15, 0.2) is 60.7 Å². The van der Waals surface area contributed by atoms with Crippen LogP contribution in [0.3, 0.4) is 0 Å². The highest BCUT2D eigenvalue weighted by Gasteiger charge is 2.52. The van der Waals surface area contributed by atoms with Gasteiger partial charge in [-0.3, -0.25) is 9.69 Å². The van der Waals surface area contributed by atoms with Gasteiger partial charge >= 0.3 is 5.97 Å². The van der Waals surface area contributed by atoms with Crippen LogP contribution in [-0.4, -0.2) is 55.6 Å². The second-order valence-corrected chi connectivity index (χ2v) is 12.0. The molecule has 0 radical (unpaired) electrons. The van der Waals surface area contributed by atoms with Crippen molar-refractivity contribution < 1.29 is 23.7 Å². The number of likely N-dealkylation sites (N-methyl/N-ethyl adjacent to an activating group) is 1. The van der Waals surface area contributed by atoms with E-state index in [1.807, 2.05) is 19.1 Å². The van der Waals surface area contributed by atoms with Crippen molar-refractivity contribution in [2.45, 2.75) is 128 Å². The Morgan fingerprint density at radius 3 is 2.05 bits per heavy atom. The van der Waals surface area contributed by atoms with E-state index >= 15 is 0 Å². The molecule has 6 nitrogen and oxygen atoms in total. The number of hydrogen-bond acceptors (Lipinski definition) is 6. The van der Waals surface area contributed by atoms with E-state index < -0.39 is 5.72 Å². The van der Waals surface area contributed by atoms with Crippen LogP contribution in [0, 0.1) is 0 Å². The topological polar surface area (TPSA) is 57.2 Å². The number of esters is 1. The smallest absolute Gasteiger partial charge is 0.305 e. The maximum Gasteiger partial charge on any atom is 0.305 e. The lowest BCUT2D eigenvalue weighted by Gasteiger charge is -2.43. The van der Waals surface area contributed by atoms with Crippen LogP contribution in [-0.2, 0) is 37.0 Å². The molecule has 3 rings (SSSR count). The summed E-state index contributed by atoms with van der Waals surface area (Å²) in [6, 6.07) is 20.8. The van der Waals surface area contributed by atoms with Gasteiger partial charge in [-0.25, -0.2) is 0 Å². The van der Waals surface area contributed by atoms with Gasteiger partial charge in [-0.15, -0.1) is 0 Å². The minimum atomic E-state index is -0.556. The number of rotatable bonds is 23. The van der Waals surface area contributed by atoms with Crippen LogP contribution in [0.4, 0.5) is 0 Å². The van der Waals surface area contributed by atoms with E-state index in [0.29, 0.717) is 26.2 Å². The molecule has 0 aromatic heterocycles. The maximum atomic E-state index is 11.8. The Labute approximate surface area is 261 Å². The van der Waals surface area contributed by atoms with E-state index in [1.54, 1.807) is 0 Å². The Balaban J connectivity index is 1.67. The normalized spacial score (nSPS) is 20.1. The number of unbranched alkanes of at least 4 members (excludes halogenated alkanes) is 8. The molecule has 1 saturated carbocycles. The summed E-state index contributed by atoms with van der Waals surface area (Å²) in [5.41, 5.74) is 1.79. The standard InChI is InChI=1S/C37H57NO5/c1-4-6-7-8-9-10-20-27-43-37(38(3)26-19-13-18-25-36(39)40-5-2)29-34(41-30-32-21-14-11-15-22-32)28-35(37)42-31-33-23-16-12-17-24-33/h11-12,14-17,21-24,34-35H,4-10,13,18-20,25-31H2,1-3H3/t34-,35+,37-/m0/s1. The van der Waals surface area contributed by atoms with Crippen molar-refractivity contribution in [3.05, 3.63) is 71.8 Å². The molecule has 0 spiro atoms. The highest BCUT2D eigenvalue weighted by Crippen LogP contribution is 2.41. The fourth-order valence-electron chi connectivity index (χ4n) is 6.04. The van der Waals surface area contributed by atoms with Crippen LogP contribution in [0.5, 0.6) is 0 Å². The van der Waals surface area contributed by atoms with Crippen molar-refractivity contribution in [3.8, 4) is 0 Å². The fraction of sp³-hybridized carbons (Fsp3) is 0.649. The first-order valence-corrected chi connectivity index (χ1v) is 16.9. The molecule has 1 aliphatic rings. The lowest BCUT2D eigenvalue weighted by atomic mass is 10.1. The third-order valence-corrected chi connectivity index (χ3v) is 8.55. The van der Waals surface area contributed by atoms with Crippen molar-refractivity contribution in [2.24, 2.45) is 0 Å². The summed E-state index contributed by atoms with van der Waals surface area (Å²) < 4.78 is 25.3. The molecule has 0 bridgehead atoms. The van der Waals surface area contributed by atoms with Crippen molar-refractivity contribution in [2.75, 3.05) is 26.8 Å². The molecule has 0 N–H and O–H groups in total. The van der Waals surface area contributed by atoms with Crippen LogP contribution in [0.25, 0.3) is 0 Å². The highest BCUT2D eigenvalue weighted by molar-refractivity contribution is 5.69. The molecular formula is C37H57NO5. The minimum absolute atomic E-state index is 0.0429. The Morgan fingerprint density at radius 2 is 1.40 bits per heavy atom. The summed E-state index contributed by atoms with van der Waals surface area (Å²) in [5, 5.41) is 0. The third kappa shape index (κ3) is 12.7. The zero-order valence-electron chi connectivity index (χ0n) is 27.1. The fourth-order valence-corrected chi connectivity index (χ4v) is 6.04. The predicted octanol–water partition coefficient (Wildman–Crippen LogP) is 8.47. The molecule has 0 saturated heterocycles. The molecule has 3 atom stereocenters. The molecule has 2 aromatic carbocycles. The van der Waals surface area contributed by atoms with E-state index in [-0.39, 0.29) is 18.2 Å². The predicted molar refractivity (Wildman–Crippen MR) is 174 cm³/mol. The van der Waals surface area contributed by atoms with Crippen molar-refractivity contribution in [3.63, 3.8) is 0 Å². The number of carbonyl (C=O) groups excluding carboxylic acids is 1. The zero-order valence-corrected chi connectivity index (χ0v) is 27.1. The van der Waals surface area contributed by atoms with Crippen LogP contribution >= 0.6 is 0 Å². The number of ether oxygens (including phenoxy) is 4. The second-order valence-electron chi connectivity index (χ2n) is 12.0. The van der Waals surface area contributed by atoms with E-state index in [9.17, 15) is 4.79 Å². The summed E-state index contributed by atoms with van der Waals surface area (Å²) in [6.07, 6.45) is 13.5. The zero-order chi connectivity index (χ0) is 30.6. The molecule has 0 unspecified atom stereocenters. The third-order valence-electron chi connectivity index (χ3n) is 8.55. The summed E-state index contributed by atoms with van der Waals surface area (Å²) in [6.45, 7) is 7.29. The average molecular weight is 596 g/mol. The molecule has 0 heterocycles.